The molecule has 0 unspecified atom stereocenters. The number of hydrogen-bond acceptors (Lipinski definition) is 8. The highest BCUT2D eigenvalue weighted by molar-refractivity contribution is 7.90. The second kappa shape index (κ2) is 7.27. The molecule has 0 fully saturated rings. The van der Waals surface area contributed by atoms with Crippen molar-refractivity contribution in [2.75, 3.05) is 20.0 Å². The maximum atomic E-state index is 13.7. The Morgan fingerprint density at radius 3 is 2.47 bits per heavy atom. The van der Waals surface area contributed by atoms with Crippen LogP contribution in [0.25, 0.3) is 33.5 Å². The highest BCUT2D eigenvalue weighted by Gasteiger charge is 2.28. The van der Waals surface area contributed by atoms with Gasteiger partial charge in [0, 0.05) is 5.56 Å². The summed E-state index contributed by atoms with van der Waals surface area (Å²) in [4.78, 5) is 8.93. The van der Waals surface area contributed by atoms with Crippen molar-refractivity contribution in [1.82, 2.24) is 13.9 Å². The molecule has 9 nitrogen and oxygen atoms in total. The Morgan fingerprint density at radius 1 is 0.969 bits per heavy atom. The molecule has 2 heterocycles. The summed E-state index contributed by atoms with van der Waals surface area (Å²) in [6.07, 6.45) is 0. The lowest BCUT2D eigenvalue weighted by Gasteiger charge is -2.11. The summed E-state index contributed by atoms with van der Waals surface area (Å²) in [5.74, 6) is 0.965. The van der Waals surface area contributed by atoms with E-state index >= 15 is 0 Å². The molecule has 5 rings (SSSR count). The molecule has 0 bridgehead atoms. The van der Waals surface area contributed by atoms with E-state index in [2.05, 4.69) is 9.97 Å². The van der Waals surface area contributed by atoms with E-state index in [1.165, 1.54) is 30.3 Å². The normalized spacial score (nSPS) is 11.8. The van der Waals surface area contributed by atoms with Crippen LogP contribution in [0.15, 0.2) is 70.0 Å². The molecule has 0 aliphatic rings. The molecular formula is C22H18N4O5S. The first-order valence-corrected chi connectivity index (χ1v) is 11.0. The molecule has 0 aliphatic carbocycles. The summed E-state index contributed by atoms with van der Waals surface area (Å²) in [7, 11) is -1.02. The Bertz CT molecular complexity index is 1570. The summed E-state index contributed by atoms with van der Waals surface area (Å²) in [6.45, 7) is 0. The van der Waals surface area contributed by atoms with Gasteiger partial charge in [-0.25, -0.2) is 17.4 Å². The number of fused-ring (bicyclic) bond motifs is 2. The SMILES string of the molecule is COc1ccc2c(nc(-c3ccc4oc(N)nc4c3)n2S(=O)(=O)c2ccccc2)c1OC. The van der Waals surface area contributed by atoms with Crippen LogP contribution in [0.5, 0.6) is 11.5 Å². The zero-order valence-corrected chi connectivity index (χ0v) is 18.0. The van der Waals surface area contributed by atoms with Gasteiger partial charge in [-0.3, -0.25) is 0 Å². The molecule has 0 amide bonds. The number of nitrogens with zero attached hydrogens (tertiary/aromatic N) is 3. The van der Waals surface area contributed by atoms with Gasteiger partial charge in [-0.2, -0.15) is 4.98 Å². The topological polar surface area (TPSA) is 122 Å². The van der Waals surface area contributed by atoms with Gasteiger partial charge < -0.3 is 19.6 Å². The average molecular weight is 450 g/mol. The summed E-state index contributed by atoms with van der Waals surface area (Å²) in [5.41, 5.74) is 7.85. The van der Waals surface area contributed by atoms with Crippen LogP contribution in [0.1, 0.15) is 0 Å². The first-order chi connectivity index (χ1) is 15.4. The number of rotatable bonds is 5. The van der Waals surface area contributed by atoms with Crippen LogP contribution < -0.4 is 15.2 Å². The zero-order valence-electron chi connectivity index (χ0n) is 17.1. The highest BCUT2D eigenvalue weighted by Crippen LogP contribution is 2.39. The van der Waals surface area contributed by atoms with Gasteiger partial charge in [0.15, 0.2) is 22.9 Å². The third kappa shape index (κ3) is 2.95. The molecule has 10 heteroatoms. The Kier molecular flexibility index (Phi) is 4.52. The van der Waals surface area contributed by atoms with Crippen LogP contribution >= 0.6 is 0 Å². The molecule has 0 aliphatic heterocycles. The number of methoxy groups -OCH3 is 2. The number of imidazole rings is 1. The van der Waals surface area contributed by atoms with Crippen LogP contribution in [-0.2, 0) is 10.0 Å². The van der Waals surface area contributed by atoms with E-state index < -0.39 is 10.0 Å². The summed E-state index contributed by atoms with van der Waals surface area (Å²) in [5, 5.41) is 0. The van der Waals surface area contributed by atoms with Crippen LogP contribution in [0.4, 0.5) is 6.01 Å². The first-order valence-electron chi connectivity index (χ1n) is 9.54. The molecule has 5 aromatic rings. The Balaban J connectivity index is 1.87. The van der Waals surface area contributed by atoms with Crippen LogP contribution in [0.3, 0.4) is 0 Å². The van der Waals surface area contributed by atoms with Gasteiger partial charge >= 0.3 is 0 Å². The molecule has 2 N–H and O–H groups in total. The molecule has 0 saturated heterocycles. The van der Waals surface area contributed by atoms with E-state index in [0.717, 1.165) is 0 Å². The molecule has 2 aromatic heterocycles. The molecule has 0 spiro atoms. The maximum absolute atomic E-state index is 13.7. The number of ether oxygens (including phenoxy) is 2. The van der Waals surface area contributed by atoms with Crippen molar-refractivity contribution in [2.24, 2.45) is 0 Å². The fourth-order valence-electron chi connectivity index (χ4n) is 3.64. The van der Waals surface area contributed by atoms with Crippen molar-refractivity contribution in [2.45, 2.75) is 4.90 Å². The summed E-state index contributed by atoms with van der Waals surface area (Å²) >= 11 is 0. The number of nitrogen functional groups attached to an aromatic ring is 1. The maximum Gasteiger partial charge on any atom is 0.292 e. The van der Waals surface area contributed by atoms with E-state index in [0.29, 0.717) is 39.2 Å². The third-order valence-electron chi connectivity index (χ3n) is 5.07. The van der Waals surface area contributed by atoms with Crippen LogP contribution in [0.2, 0.25) is 0 Å². The third-order valence-corrected chi connectivity index (χ3v) is 6.79. The molecule has 0 atom stereocenters. The lowest BCUT2D eigenvalue weighted by Crippen LogP contribution is -2.14. The van der Waals surface area contributed by atoms with Gasteiger partial charge in [0.25, 0.3) is 16.0 Å². The number of nitrogens with two attached hydrogens (primary N) is 1. The van der Waals surface area contributed by atoms with Gasteiger partial charge in [-0.05, 0) is 42.5 Å². The molecule has 3 aromatic carbocycles. The van der Waals surface area contributed by atoms with Crippen LogP contribution in [0, 0.1) is 0 Å². The Hall–Kier alpha value is -4.05. The molecule has 32 heavy (non-hydrogen) atoms. The number of hydrogen-bond donors (Lipinski definition) is 1. The predicted molar refractivity (Wildman–Crippen MR) is 119 cm³/mol. The fourth-order valence-corrected chi connectivity index (χ4v) is 5.14. The highest BCUT2D eigenvalue weighted by atomic mass is 32.2. The Labute approximate surface area is 183 Å². The van der Waals surface area contributed by atoms with E-state index in [9.17, 15) is 8.42 Å². The number of anilines is 1. The number of oxazole rings is 1. The molecule has 162 valence electrons. The smallest absolute Gasteiger partial charge is 0.292 e. The van der Waals surface area contributed by atoms with Gasteiger partial charge in [0.05, 0.1) is 24.6 Å². The first kappa shape index (κ1) is 19.9. The van der Waals surface area contributed by atoms with E-state index in [1.54, 1.807) is 48.5 Å². The van der Waals surface area contributed by atoms with Crippen molar-refractivity contribution in [3.63, 3.8) is 0 Å². The second-order valence-electron chi connectivity index (χ2n) is 6.92. The lowest BCUT2D eigenvalue weighted by molar-refractivity contribution is 0.358. The van der Waals surface area contributed by atoms with Crippen molar-refractivity contribution in [3.8, 4) is 22.9 Å². The largest absolute Gasteiger partial charge is 0.493 e. The van der Waals surface area contributed by atoms with Crippen molar-refractivity contribution in [3.05, 3.63) is 60.7 Å². The number of benzene rings is 3. The molecule has 0 radical (unpaired) electrons. The summed E-state index contributed by atoms with van der Waals surface area (Å²) in [6, 6.07) is 16.5. The van der Waals surface area contributed by atoms with Gasteiger partial charge in [0.1, 0.15) is 11.0 Å². The van der Waals surface area contributed by atoms with E-state index in [-0.39, 0.29) is 16.7 Å². The van der Waals surface area contributed by atoms with Gasteiger partial charge in [0.2, 0.25) is 0 Å². The monoisotopic (exact) mass is 450 g/mol. The van der Waals surface area contributed by atoms with Crippen molar-refractivity contribution < 1.29 is 22.3 Å². The van der Waals surface area contributed by atoms with E-state index in [1.807, 2.05) is 0 Å². The lowest BCUT2D eigenvalue weighted by atomic mass is 10.2. The van der Waals surface area contributed by atoms with Crippen LogP contribution in [-0.4, -0.2) is 36.6 Å². The van der Waals surface area contributed by atoms with Gasteiger partial charge in [-0.15, -0.1) is 0 Å². The van der Waals surface area contributed by atoms with Crippen molar-refractivity contribution >= 4 is 38.2 Å². The minimum absolute atomic E-state index is 0.0222. The fraction of sp³-hybridized carbons (Fsp3) is 0.0909. The zero-order chi connectivity index (χ0) is 22.5. The minimum Gasteiger partial charge on any atom is -0.493 e. The standard InChI is InChI=1S/C22H18N4O5S/c1-29-18-11-9-16-19(20(18)30-2)25-21(13-8-10-17-15(12-13)24-22(23)31-17)26(16)32(27,28)14-6-4-3-5-7-14/h3-12H,1-2H3,(H2,23,24). The number of aromatic nitrogens is 3. The Morgan fingerprint density at radius 2 is 1.75 bits per heavy atom. The van der Waals surface area contributed by atoms with Gasteiger partial charge in [-0.1, -0.05) is 18.2 Å². The summed E-state index contributed by atoms with van der Waals surface area (Å²) < 4.78 is 44.9. The second-order valence-corrected chi connectivity index (χ2v) is 8.71. The molecular weight excluding hydrogens is 432 g/mol. The van der Waals surface area contributed by atoms with E-state index in [4.69, 9.17) is 19.6 Å². The predicted octanol–water partition coefficient (Wildman–Crippen LogP) is 3.68. The average Bonchev–Trinajstić information content (AvgIpc) is 3.38. The quantitative estimate of drug-likeness (QED) is 0.430. The van der Waals surface area contributed by atoms with Crippen molar-refractivity contribution in [1.29, 1.82) is 0 Å². The molecule has 0 saturated carbocycles. The minimum atomic E-state index is -4.00.